The van der Waals surface area contributed by atoms with Crippen molar-refractivity contribution in [2.75, 3.05) is 7.18 Å². The van der Waals surface area contributed by atoms with Crippen LogP contribution in [-0.2, 0) is 0 Å². The molecule has 0 unspecified atom stereocenters. The van der Waals surface area contributed by atoms with E-state index in [4.69, 9.17) is 5.26 Å². The molecule has 0 aromatic heterocycles. The number of nitro benzene ring substituents is 1. The van der Waals surface area contributed by atoms with Gasteiger partial charge < -0.3 is 0 Å². The van der Waals surface area contributed by atoms with Gasteiger partial charge in [0.15, 0.2) is 0 Å². The van der Waals surface area contributed by atoms with Gasteiger partial charge in [-0.2, -0.15) is 5.26 Å². The molecule has 74 valence electrons. The van der Waals surface area contributed by atoms with Gasteiger partial charge >= 0.3 is 0 Å². The monoisotopic (exact) mass is 196 g/mol. The molecule has 0 atom stereocenters. The summed E-state index contributed by atoms with van der Waals surface area (Å²) < 4.78 is 9.50. The Kier molecular flexibility index (Phi) is 4.86. The predicted octanol–water partition coefficient (Wildman–Crippen LogP) is 2.36. The summed E-state index contributed by atoms with van der Waals surface area (Å²) in [4.78, 5) is 9.76. The number of nitriles is 1. The van der Waals surface area contributed by atoms with Crippen LogP contribution in [0.3, 0.4) is 0 Å². The maximum absolute atomic E-state index is 10.3. The second-order valence-electron chi connectivity index (χ2n) is 2.37. The van der Waals surface area contributed by atoms with Crippen LogP contribution in [0.5, 0.6) is 0 Å². The summed E-state index contributed by atoms with van der Waals surface area (Å²) >= 11 is 0. The van der Waals surface area contributed by atoms with Gasteiger partial charge in [0.1, 0.15) is 0 Å². The number of aryl methyl sites for hydroxylation is 1. The maximum atomic E-state index is 10.3. The van der Waals surface area contributed by atoms with Crippen molar-refractivity contribution in [3.8, 4) is 6.07 Å². The lowest BCUT2D eigenvalue weighted by Crippen LogP contribution is -1.90. The van der Waals surface area contributed by atoms with E-state index in [2.05, 4.69) is 0 Å². The van der Waals surface area contributed by atoms with Gasteiger partial charge in [-0.05, 0) is 12.5 Å². The standard InChI is InChI=1S/C8H6N2O2.CH3F/c1-6-2-3-8(10(11)12)4-7(6)5-9;1-2/h2-4H,1H3;1H3. The number of nitro groups is 1. The summed E-state index contributed by atoms with van der Waals surface area (Å²) in [5.41, 5.74) is 1.06. The summed E-state index contributed by atoms with van der Waals surface area (Å²) in [6.07, 6.45) is 0. The highest BCUT2D eigenvalue weighted by molar-refractivity contribution is 5.45. The second kappa shape index (κ2) is 5.65. The van der Waals surface area contributed by atoms with Crippen molar-refractivity contribution in [1.82, 2.24) is 0 Å². The number of hydrogen-bond donors (Lipinski definition) is 0. The largest absolute Gasteiger partial charge is 0.270 e. The molecule has 0 aliphatic heterocycles. The highest BCUT2D eigenvalue weighted by Crippen LogP contribution is 2.15. The number of benzene rings is 1. The van der Waals surface area contributed by atoms with E-state index in [1.807, 2.05) is 6.07 Å². The summed E-state index contributed by atoms with van der Waals surface area (Å²) in [7, 11) is 0.500. The third kappa shape index (κ3) is 2.83. The minimum Gasteiger partial charge on any atom is -0.258 e. The molecule has 0 aliphatic carbocycles. The summed E-state index contributed by atoms with van der Waals surface area (Å²) in [6.45, 7) is 1.74. The number of halogens is 1. The SMILES string of the molecule is CF.Cc1ccc([N+](=O)[O-])cc1C#N. The first-order valence-corrected chi connectivity index (χ1v) is 3.68. The Bertz CT molecular complexity index is 372. The van der Waals surface area contributed by atoms with Crippen molar-refractivity contribution in [2.24, 2.45) is 0 Å². The molecule has 1 aromatic rings. The molecular weight excluding hydrogens is 187 g/mol. The van der Waals surface area contributed by atoms with Gasteiger partial charge in [-0.15, -0.1) is 0 Å². The highest BCUT2D eigenvalue weighted by atomic mass is 19.1. The van der Waals surface area contributed by atoms with Crippen molar-refractivity contribution in [3.63, 3.8) is 0 Å². The van der Waals surface area contributed by atoms with E-state index in [9.17, 15) is 14.5 Å². The zero-order valence-corrected chi connectivity index (χ0v) is 7.82. The molecular formula is C9H9FN2O2. The molecule has 1 aromatic carbocycles. The van der Waals surface area contributed by atoms with Crippen LogP contribution in [-0.4, -0.2) is 12.1 Å². The minimum atomic E-state index is -0.514. The lowest BCUT2D eigenvalue weighted by Gasteiger charge is -1.95. The van der Waals surface area contributed by atoms with Crippen LogP contribution in [0.15, 0.2) is 18.2 Å². The molecule has 0 fully saturated rings. The van der Waals surface area contributed by atoms with Crippen LogP contribution in [0.4, 0.5) is 10.1 Å². The molecule has 0 N–H and O–H groups in total. The summed E-state index contributed by atoms with van der Waals surface area (Å²) in [5, 5.41) is 18.8. The fraction of sp³-hybridized carbons (Fsp3) is 0.222. The second-order valence-corrected chi connectivity index (χ2v) is 2.37. The Labute approximate surface area is 80.7 Å². The van der Waals surface area contributed by atoms with E-state index in [1.165, 1.54) is 12.1 Å². The Morgan fingerprint density at radius 2 is 2.07 bits per heavy atom. The van der Waals surface area contributed by atoms with Crippen molar-refractivity contribution in [3.05, 3.63) is 39.4 Å². The van der Waals surface area contributed by atoms with E-state index in [1.54, 1.807) is 13.0 Å². The fourth-order valence-electron chi connectivity index (χ4n) is 0.844. The van der Waals surface area contributed by atoms with Gasteiger partial charge in [-0.3, -0.25) is 14.5 Å². The molecule has 14 heavy (non-hydrogen) atoms. The molecule has 0 amide bonds. The first-order valence-electron chi connectivity index (χ1n) is 3.68. The van der Waals surface area contributed by atoms with Crippen molar-refractivity contribution >= 4 is 5.69 Å². The minimum absolute atomic E-state index is 0.0443. The first kappa shape index (κ1) is 12.0. The normalized spacial score (nSPS) is 8.14. The summed E-state index contributed by atoms with van der Waals surface area (Å²) in [6, 6.07) is 6.11. The molecule has 0 bridgehead atoms. The lowest BCUT2D eigenvalue weighted by molar-refractivity contribution is -0.384. The van der Waals surface area contributed by atoms with Gasteiger partial charge in [-0.1, -0.05) is 6.07 Å². The Morgan fingerprint density at radius 3 is 2.50 bits per heavy atom. The number of alkyl halides is 1. The fourth-order valence-corrected chi connectivity index (χ4v) is 0.844. The third-order valence-corrected chi connectivity index (χ3v) is 1.55. The highest BCUT2D eigenvalue weighted by Gasteiger charge is 2.07. The van der Waals surface area contributed by atoms with Crippen LogP contribution >= 0.6 is 0 Å². The molecule has 4 nitrogen and oxygen atoms in total. The molecule has 0 heterocycles. The van der Waals surface area contributed by atoms with Crippen LogP contribution in [0.25, 0.3) is 0 Å². The van der Waals surface area contributed by atoms with E-state index in [-0.39, 0.29) is 5.69 Å². The van der Waals surface area contributed by atoms with Gasteiger partial charge in [0, 0.05) is 12.1 Å². The first-order chi connectivity index (χ1) is 6.65. The molecule has 5 heteroatoms. The number of nitrogens with zero attached hydrogens (tertiary/aromatic N) is 2. The van der Waals surface area contributed by atoms with Gasteiger partial charge in [0.05, 0.1) is 23.7 Å². The topological polar surface area (TPSA) is 66.9 Å². The average Bonchev–Trinajstić information content (AvgIpc) is 2.21. The van der Waals surface area contributed by atoms with Crippen LogP contribution in [0, 0.1) is 28.4 Å². The lowest BCUT2D eigenvalue weighted by atomic mass is 10.1. The smallest absolute Gasteiger partial charge is 0.258 e. The molecule has 0 spiro atoms. The molecule has 0 aliphatic rings. The van der Waals surface area contributed by atoms with Crippen LogP contribution in [0.2, 0.25) is 0 Å². The van der Waals surface area contributed by atoms with Crippen molar-refractivity contribution in [2.45, 2.75) is 6.92 Å². The van der Waals surface area contributed by atoms with E-state index >= 15 is 0 Å². The molecule has 0 radical (unpaired) electrons. The average molecular weight is 196 g/mol. The maximum Gasteiger partial charge on any atom is 0.270 e. The van der Waals surface area contributed by atoms with E-state index < -0.39 is 4.92 Å². The Hall–Kier alpha value is -1.96. The predicted molar refractivity (Wildman–Crippen MR) is 49.6 cm³/mol. The Morgan fingerprint density at radius 1 is 1.50 bits per heavy atom. The van der Waals surface area contributed by atoms with E-state index in [0.717, 1.165) is 5.56 Å². The van der Waals surface area contributed by atoms with Gasteiger partial charge in [-0.25, -0.2) is 0 Å². The van der Waals surface area contributed by atoms with Gasteiger partial charge in [0.2, 0.25) is 0 Å². The summed E-state index contributed by atoms with van der Waals surface area (Å²) in [5.74, 6) is 0. The number of non-ortho nitro benzene ring substituents is 1. The van der Waals surface area contributed by atoms with Crippen LogP contribution in [0.1, 0.15) is 11.1 Å². The van der Waals surface area contributed by atoms with E-state index in [0.29, 0.717) is 12.7 Å². The Balaban J connectivity index is 0.000000791. The zero-order chi connectivity index (χ0) is 11.1. The van der Waals surface area contributed by atoms with Crippen molar-refractivity contribution < 1.29 is 9.31 Å². The van der Waals surface area contributed by atoms with Crippen molar-refractivity contribution in [1.29, 1.82) is 5.26 Å². The third-order valence-electron chi connectivity index (χ3n) is 1.55. The number of hydrogen-bond acceptors (Lipinski definition) is 3. The molecule has 0 saturated carbocycles. The van der Waals surface area contributed by atoms with Crippen LogP contribution < -0.4 is 0 Å². The molecule has 0 saturated heterocycles. The zero-order valence-electron chi connectivity index (χ0n) is 7.82. The molecule has 1 rings (SSSR count). The number of rotatable bonds is 1. The quantitative estimate of drug-likeness (QED) is 0.511. The van der Waals surface area contributed by atoms with Gasteiger partial charge in [0.25, 0.3) is 5.69 Å².